The third-order valence-corrected chi connectivity index (χ3v) is 2.64. The number of ether oxygens (including phenoxy) is 1. The van der Waals surface area contributed by atoms with Crippen molar-refractivity contribution in [3.05, 3.63) is 0 Å². The van der Waals surface area contributed by atoms with Crippen LogP contribution in [-0.4, -0.2) is 39.4 Å². The number of hydrogen-bond donors (Lipinski definition) is 3. The molecule has 0 aromatic heterocycles. The molecule has 0 heterocycles. The molecule has 0 aromatic carbocycles. The van der Waals surface area contributed by atoms with Gasteiger partial charge in [0.25, 0.3) is 0 Å². The first-order chi connectivity index (χ1) is 7.26. The van der Waals surface area contributed by atoms with Gasteiger partial charge in [0.15, 0.2) is 0 Å². The molecule has 1 amide bonds. The monoisotopic (exact) mass is 254 g/mol. The highest BCUT2D eigenvalue weighted by Gasteiger charge is 2.16. The van der Waals surface area contributed by atoms with E-state index in [9.17, 15) is 18.3 Å². The van der Waals surface area contributed by atoms with Gasteiger partial charge in [0.2, 0.25) is 0 Å². The fourth-order valence-corrected chi connectivity index (χ4v) is 1.81. The predicted octanol–water partition coefficient (Wildman–Crippen LogP) is -0.416. The molecular weight excluding hydrogens is 236 g/mol. The molecule has 0 aliphatic rings. The molecule has 0 spiro atoms. The zero-order valence-electron chi connectivity index (χ0n) is 9.56. The van der Waals surface area contributed by atoms with Crippen molar-refractivity contribution in [3.63, 3.8) is 0 Å². The summed E-state index contributed by atoms with van der Waals surface area (Å²) in [6, 6.07) is 0. The van der Waals surface area contributed by atoms with Gasteiger partial charge in [-0.3, -0.25) is 0 Å². The van der Waals surface area contributed by atoms with Crippen molar-refractivity contribution in [3.8, 4) is 0 Å². The van der Waals surface area contributed by atoms with E-state index in [1.54, 1.807) is 4.72 Å². The molecule has 0 fully saturated rings. The predicted molar refractivity (Wildman–Crippen MR) is 57.9 cm³/mol. The molecule has 0 aliphatic carbocycles. The number of amides is 1. The average Bonchev–Trinajstić information content (AvgIpc) is 2.13. The maximum atomic E-state index is 11.2. The van der Waals surface area contributed by atoms with Crippen LogP contribution in [0.2, 0.25) is 0 Å². The summed E-state index contributed by atoms with van der Waals surface area (Å²) in [5.74, 6) is 0.257. The van der Waals surface area contributed by atoms with Crippen molar-refractivity contribution in [2.45, 2.75) is 26.4 Å². The molecule has 0 aliphatic heterocycles. The van der Waals surface area contributed by atoms with Crippen molar-refractivity contribution in [1.82, 2.24) is 9.44 Å². The number of rotatable bonds is 6. The minimum Gasteiger partial charge on any atom is -0.452 e. The van der Waals surface area contributed by atoms with Crippen molar-refractivity contribution < 1.29 is 23.1 Å². The second-order valence-electron chi connectivity index (χ2n) is 3.73. The van der Waals surface area contributed by atoms with Crippen LogP contribution in [0.3, 0.4) is 0 Å². The number of aliphatic hydroxyl groups is 1. The SMILES string of the molecule is COC(=O)NS(=O)(=O)NCC(O)CC(C)C. The van der Waals surface area contributed by atoms with Crippen LogP contribution in [0.4, 0.5) is 4.79 Å². The highest BCUT2D eigenvalue weighted by molar-refractivity contribution is 7.88. The maximum Gasteiger partial charge on any atom is 0.421 e. The van der Waals surface area contributed by atoms with Crippen LogP contribution >= 0.6 is 0 Å². The van der Waals surface area contributed by atoms with E-state index in [1.165, 1.54) is 0 Å². The molecule has 3 N–H and O–H groups in total. The molecule has 0 aromatic rings. The molecule has 0 saturated carbocycles. The maximum absolute atomic E-state index is 11.2. The first-order valence-electron chi connectivity index (χ1n) is 4.80. The minimum atomic E-state index is -3.96. The van der Waals surface area contributed by atoms with Crippen LogP contribution in [-0.2, 0) is 14.9 Å². The summed E-state index contributed by atoms with van der Waals surface area (Å²) >= 11 is 0. The van der Waals surface area contributed by atoms with Crippen molar-refractivity contribution in [2.24, 2.45) is 5.92 Å². The topological polar surface area (TPSA) is 105 Å². The Morgan fingerprint density at radius 2 is 2.00 bits per heavy atom. The molecule has 0 saturated heterocycles. The number of carbonyl (C=O) groups excluding carboxylic acids is 1. The zero-order chi connectivity index (χ0) is 12.8. The summed E-state index contributed by atoms with van der Waals surface area (Å²) in [5.41, 5.74) is 0. The molecular formula is C8H18N2O5S. The highest BCUT2D eigenvalue weighted by atomic mass is 32.2. The Kier molecular flexibility index (Phi) is 6.31. The molecule has 16 heavy (non-hydrogen) atoms. The first kappa shape index (κ1) is 15.1. The van der Waals surface area contributed by atoms with Crippen molar-refractivity contribution in [1.29, 1.82) is 0 Å². The molecule has 1 atom stereocenters. The fraction of sp³-hybridized carbons (Fsp3) is 0.875. The van der Waals surface area contributed by atoms with Gasteiger partial charge in [-0.25, -0.2) is 9.52 Å². The summed E-state index contributed by atoms with van der Waals surface area (Å²) in [7, 11) is -2.90. The van der Waals surface area contributed by atoms with Gasteiger partial charge in [-0.2, -0.15) is 13.1 Å². The Balaban J connectivity index is 4.04. The van der Waals surface area contributed by atoms with Gasteiger partial charge >= 0.3 is 16.3 Å². The summed E-state index contributed by atoms with van der Waals surface area (Å²) in [6.07, 6.45) is -1.39. The van der Waals surface area contributed by atoms with Crippen molar-refractivity contribution in [2.75, 3.05) is 13.7 Å². The van der Waals surface area contributed by atoms with Gasteiger partial charge in [0.05, 0.1) is 13.2 Å². The van der Waals surface area contributed by atoms with E-state index < -0.39 is 22.4 Å². The number of aliphatic hydroxyl groups excluding tert-OH is 1. The third-order valence-electron chi connectivity index (χ3n) is 1.66. The van der Waals surface area contributed by atoms with Gasteiger partial charge in [-0.1, -0.05) is 13.8 Å². The number of methoxy groups -OCH3 is 1. The van der Waals surface area contributed by atoms with Crippen LogP contribution in [0, 0.1) is 5.92 Å². The molecule has 0 bridgehead atoms. The number of carbonyl (C=O) groups is 1. The summed E-state index contributed by atoms with van der Waals surface area (Å²) in [4.78, 5) is 10.6. The lowest BCUT2D eigenvalue weighted by atomic mass is 10.1. The normalized spacial score (nSPS) is 13.6. The van der Waals surface area contributed by atoms with Gasteiger partial charge in [-0.05, 0) is 12.3 Å². The Labute approximate surface area is 95.4 Å². The van der Waals surface area contributed by atoms with Crippen LogP contribution in [0.5, 0.6) is 0 Å². The first-order valence-corrected chi connectivity index (χ1v) is 6.28. The van der Waals surface area contributed by atoms with E-state index in [4.69, 9.17) is 0 Å². The Morgan fingerprint density at radius 1 is 1.44 bits per heavy atom. The summed E-state index contributed by atoms with van der Waals surface area (Å²) < 4.78 is 30.1. The van der Waals surface area contributed by atoms with Gasteiger partial charge in [0, 0.05) is 6.54 Å². The lowest BCUT2D eigenvalue weighted by Gasteiger charge is -2.13. The molecule has 96 valence electrons. The largest absolute Gasteiger partial charge is 0.452 e. The highest BCUT2D eigenvalue weighted by Crippen LogP contribution is 2.03. The number of hydrogen-bond acceptors (Lipinski definition) is 5. The van der Waals surface area contributed by atoms with Gasteiger partial charge in [-0.15, -0.1) is 0 Å². The lowest BCUT2D eigenvalue weighted by molar-refractivity contribution is 0.152. The molecule has 7 nitrogen and oxygen atoms in total. The Morgan fingerprint density at radius 3 is 2.44 bits per heavy atom. The summed E-state index contributed by atoms with van der Waals surface area (Å²) in [6.45, 7) is 3.67. The van der Waals surface area contributed by atoms with E-state index in [2.05, 4.69) is 4.74 Å². The van der Waals surface area contributed by atoms with E-state index in [-0.39, 0.29) is 12.5 Å². The molecule has 1 unspecified atom stereocenters. The number of nitrogens with one attached hydrogen (secondary N) is 2. The second kappa shape index (κ2) is 6.66. The summed E-state index contributed by atoms with van der Waals surface area (Å²) in [5, 5.41) is 9.40. The Bertz CT molecular complexity index is 314. The van der Waals surface area contributed by atoms with E-state index in [0.717, 1.165) is 7.11 Å². The third kappa shape index (κ3) is 7.43. The molecule has 0 radical (unpaired) electrons. The smallest absolute Gasteiger partial charge is 0.421 e. The van der Waals surface area contributed by atoms with E-state index >= 15 is 0 Å². The van der Waals surface area contributed by atoms with Gasteiger partial charge in [0.1, 0.15) is 0 Å². The molecule has 0 rings (SSSR count). The van der Waals surface area contributed by atoms with Crippen LogP contribution in [0.15, 0.2) is 0 Å². The average molecular weight is 254 g/mol. The van der Waals surface area contributed by atoms with Gasteiger partial charge < -0.3 is 9.84 Å². The lowest BCUT2D eigenvalue weighted by Crippen LogP contribution is -2.43. The van der Waals surface area contributed by atoms with Crippen LogP contribution in [0.1, 0.15) is 20.3 Å². The van der Waals surface area contributed by atoms with E-state index in [1.807, 2.05) is 18.6 Å². The van der Waals surface area contributed by atoms with Crippen molar-refractivity contribution >= 4 is 16.3 Å². The van der Waals surface area contributed by atoms with E-state index in [0.29, 0.717) is 6.42 Å². The minimum absolute atomic E-state index is 0.148. The second-order valence-corrected chi connectivity index (χ2v) is 5.23. The Hall–Kier alpha value is -0.860. The quantitative estimate of drug-likeness (QED) is 0.597. The van der Waals surface area contributed by atoms with Crippen LogP contribution in [0.25, 0.3) is 0 Å². The molecule has 8 heteroatoms. The van der Waals surface area contributed by atoms with Crippen LogP contribution < -0.4 is 9.44 Å². The standard InChI is InChI=1S/C8H18N2O5S/c1-6(2)4-7(11)5-9-16(13,14)10-8(12)15-3/h6-7,9,11H,4-5H2,1-3H3,(H,10,12). The fourth-order valence-electron chi connectivity index (χ4n) is 1.02. The zero-order valence-corrected chi connectivity index (χ0v) is 10.4.